The molecule has 0 atom stereocenters. The van der Waals surface area contributed by atoms with Gasteiger partial charge in [0.1, 0.15) is 0 Å². The molecular weight excluding hydrogens is 394 g/mol. The lowest BCUT2D eigenvalue weighted by Gasteiger charge is -2.36. The SMILES string of the molecule is C=C(c1c(C)c(C(=O)OC(C)C)cc2cc(Br)cn12)N1CCN(C)CC1. The Kier molecular flexibility index (Phi) is 5.44. The summed E-state index contributed by atoms with van der Waals surface area (Å²) in [4.78, 5) is 17.2. The molecule has 0 unspecified atom stereocenters. The number of carbonyl (C=O) groups is 1. The lowest BCUT2D eigenvalue weighted by atomic mass is 10.0. The van der Waals surface area contributed by atoms with Crippen LogP contribution in [0.4, 0.5) is 0 Å². The highest BCUT2D eigenvalue weighted by Crippen LogP contribution is 2.29. The van der Waals surface area contributed by atoms with Crippen LogP contribution in [0.25, 0.3) is 11.2 Å². The van der Waals surface area contributed by atoms with Crippen LogP contribution in [0.5, 0.6) is 0 Å². The molecule has 1 aliphatic heterocycles. The van der Waals surface area contributed by atoms with Gasteiger partial charge in [0.15, 0.2) is 0 Å². The number of fused-ring (bicyclic) bond motifs is 1. The maximum absolute atomic E-state index is 12.6. The van der Waals surface area contributed by atoms with Crippen LogP contribution in [0.15, 0.2) is 29.4 Å². The average Bonchev–Trinajstić information content (AvgIpc) is 2.93. The molecule has 0 aromatic carbocycles. The molecular formula is C20H26BrN3O2. The fourth-order valence-electron chi connectivity index (χ4n) is 3.39. The lowest BCUT2D eigenvalue weighted by Crippen LogP contribution is -2.43. The molecule has 3 heterocycles. The monoisotopic (exact) mass is 419 g/mol. The Morgan fingerprint density at radius 3 is 2.50 bits per heavy atom. The summed E-state index contributed by atoms with van der Waals surface area (Å²) in [6.45, 7) is 13.9. The Balaban J connectivity index is 2.08. The number of rotatable bonds is 4. The molecule has 0 spiro atoms. The molecule has 140 valence electrons. The number of ether oxygens (including phenoxy) is 1. The summed E-state index contributed by atoms with van der Waals surface area (Å²) in [5, 5.41) is 0. The van der Waals surface area contributed by atoms with E-state index in [2.05, 4.69) is 43.8 Å². The first-order valence-electron chi connectivity index (χ1n) is 8.93. The van der Waals surface area contributed by atoms with E-state index in [1.165, 1.54) is 0 Å². The van der Waals surface area contributed by atoms with Crippen LogP contribution in [0.3, 0.4) is 0 Å². The van der Waals surface area contributed by atoms with E-state index in [-0.39, 0.29) is 12.1 Å². The Morgan fingerprint density at radius 2 is 1.88 bits per heavy atom. The number of nitrogens with zero attached hydrogens (tertiary/aromatic N) is 3. The number of halogens is 1. The van der Waals surface area contributed by atoms with Crippen molar-refractivity contribution in [2.45, 2.75) is 26.9 Å². The zero-order valence-corrected chi connectivity index (χ0v) is 17.5. The summed E-state index contributed by atoms with van der Waals surface area (Å²) in [5.41, 5.74) is 4.36. The maximum atomic E-state index is 12.6. The van der Waals surface area contributed by atoms with Crippen LogP contribution in [0, 0.1) is 6.92 Å². The van der Waals surface area contributed by atoms with Crippen LogP contribution in [-0.4, -0.2) is 59.5 Å². The van der Waals surface area contributed by atoms with Gasteiger partial charge in [-0.15, -0.1) is 0 Å². The molecule has 0 aliphatic carbocycles. The van der Waals surface area contributed by atoms with Crippen molar-refractivity contribution >= 4 is 33.1 Å². The van der Waals surface area contributed by atoms with Gasteiger partial charge in [0.05, 0.1) is 23.1 Å². The number of piperazine rings is 1. The summed E-state index contributed by atoms with van der Waals surface area (Å²) >= 11 is 3.55. The van der Waals surface area contributed by atoms with Crippen molar-refractivity contribution in [3.63, 3.8) is 0 Å². The predicted octanol–water partition coefficient (Wildman–Crippen LogP) is 3.79. The van der Waals surface area contributed by atoms with Crippen molar-refractivity contribution in [2.75, 3.05) is 33.2 Å². The van der Waals surface area contributed by atoms with Gasteiger partial charge in [-0.3, -0.25) is 0 Å². The summed E-state index contributed by atoms with van der Waals surface area (Å²) in [5.74, 6) is -0.287. The van der Waals surface area contributed by atoms with Crippen LogP contribution >= 0.6 is 15.9 Å². The fraction of sp³-hybridized carbons (Fsp3) is 0.450. The van der Waals surface area contributed by atoms with Crippen LogP contribution in [0.1, 0.15) is 35.5 Å². The first-order chi connectivity index (χ1) is 12.3. The zero-order chi connectivity index (χ0) is 19.0. The van der Waals surface area contributed by atoms with Gasteiger partial charge in [-0.05, 0) is 61.4 Å². The van der Waals surface area contributed by atoms with E-state index in [9.17, 15) is 4.79 Å². The maximum Gasteiger partial charge on any atom is 0.338 e. The number of aromatic nitrogens is 1. The minimum Gasteiger partial charge on any atom is -0.459 e. The molecule has 0 N–H and O–H groups in total. The molecule has 1 fully saturated rings. The van der Waals surface area contributed by atoms with E-state index in [1.807, 2.05) is 39.1 Å². The quantitative estimate of drug-likeness (QED) is 0.706. The minimum atomic E-state index is -0.287. The van der Waals surface area contributed by atoms with E-state index >= 15 is 0 Å². The second-order valence-corrected chi connectivity index (χ2v) is 8.09. The number of pyridine rings is 1. The molecule has 0 saturated carbocycles. The van der Waals surface area contributed by atoms with E-state index < -0.39 is 0 Å². The van der Waals surface area contributed by atoms with Gasteiger partial charge >= 0.3 is 5.97 Å². The van der Waals surface area contributed by atoms with Crippen molar-refractivity contribution in [1.29, 1.82) is 0 Å². The smallest absolute Gasteiger partial charge is 0.338 e. The normalized spacial score (nSPS) is 15.7. The third-order valence-electron chi connectivity index (χ3n) is 4.83. The molecule has 5 nitrogen and oxygen atoms in total. The van der Waals surface area contributed by atoms with Gasteiger partial charge in [-0.1, -0.05) is 6.58 Å². The highest BCUT2D eigenvalue weighted by Gasteiger charge is 2.23. The third-order valence-corrected chi connectivity index (χ3v) is 5.26. The first-order valence-corrected chi connectivity index (χ1v) is 9.72. The van der Waals surface area contributed by atoms with E-state index in [4.69, 9.17) is 4.74 Å². The average molecular weight is 420 g/mol. The Bertz CT molecular complexity index is 848. The second-order valence-electron chi connectivity index (χ2n) is 7.18. The van der Waals surface area contributed by atoms with Crippen LogP contribution < -0.4 is 0 Å². The Labute approximate surface area is 163 Å². The van der Waals surface area contributed by atoms with Crippen molar-refractivity contribution < 1.29 is 9.53 Å². The van der Waals surface area contributed by atoms with Gasteiger partial charge in [-0.2, -0.15) is 0 Å². The topological polar surface area (TPSA) is 37.2 Å². The lowest BCUT2D eigenvalue weighted by molar-refractivity contribution is 0.0377. The van der Waals surface area contributed by atoms with Crippen molar-refractivity contribution in [3.05, 3.63) is 46.2 Å². The molecule has 26 heavy (non-hydrogen) atoms. The largest absolute Gasteiger partial charge is 0.459 e. The second kappa shape index (κ2) is 7.45. The summed E-state index contributed by atoms with van der Waals surface area (Å²) in [6, 6.07) is 3.90. The Morgan fingerprint density at radius 1 is 1.23 bits per heavy atom. The summed E-state index contributed by atoms with van der Waals surface area (Å²) < 4.78 is 8.53. The van der Waals surface area contributed by atoms with Gasteiger partial charge in [0, 0.05) is 42.4 Å². The number of likely N-dealkylation sites (N-methyl/N-ethyl adjacent to an activating group) is 1. The third kappa shape index (κ3) is 3.67. The minimum absolute atomic E-state index is 0.152. The molecule has 2 aromatic rings. The molecule has 1 aliphatic rings. The highest BCUT2D eigenvalue weighted by atomic mass is 79.9. The standard InChI is InChI=1S/C20H26BrN3O2/c1-13(2)26-20(25)18-11-17-10-16(21)12-24(17)19(14(18)3)15(4)23-8-6-22(5)7-9-23/h10-13H,4,6-9H2,1-3,5H3. The Hall–Kier alpha value is -1.79. The van der Waals surface area contributed by atoms with Crippen molar-refractivity contribution in [1.82, 2.24) is 14.2 Å². The molecule has 0 amide bonds. The number of hydrogen-bond acceptors (Lipinski definition) is 4. The van der Waals surface area contributed by atoms with Gasteiger partial charge in [0.2, 0.25) is 0 Å². The van der Waals surface area contributed by atoms with E-state index in [0.717, 1.165) is 53.1 Å². The summed E-state index contributed by atoms with van der Waals surface area (Å²) in [6.07, 6.45) is 1.87. The molecule has 6 heteroatoms. The van der Waals surface area contributed by atoms with E-state index in [0.29, 0.717) is 5.56 Å². The van der Waals surface area contributed by atoms with Gasteiger partial charge in [0.25, 0.3) is 0 Å². The number of hydrogen-bond donors (Lipinski definition) is 0. The van der Waals surface area contributed by atoms with Crippen LogP contribution in [-0.2, 0) is 4.74 Å². The first kappa shape index (κ1) is 19.0. The number of carbonyl (C=O) groups excluding carboxylic acids is 1. The summed E-state index contributed by atoms with van der Waals surface area (Å²) in [7, 11) is 2.13. The highest BCUT2D eigenvalue weighted by molar-refractivity contribution is 9.10. The van der Waals surface area contributed by atoms with Crippen LogP contribution in [0.2, 0.25) is 0 Å². The predicted molar refractivity (Wildman–Crippen MR) is 108 cm³/mol. The molecule has 0 bridgehead atoms. The molecule has 3 rings (SSSR count). The molecule has 1 saturated heterocycles. The van der Waals surface area contributed by atoms with Crippen molar-refractivity contribution in [2.24, 2.45) is 0 Å². The van der Waals surface area contributed by atoms with Gasteiger partial charge < -0.3 is 18.9 Å². The van der Waals surface area contributed by atoms with Gasteiger partial charge in [-0.25, -0.2) is 4.79 Å². The fourth-order valence-corrected chi connectivity index (χ4v) is 3.83. The molecule has 2 aromatic heterocycles. The number of esters is 1. The molecule has 0 radical (unpaired) electrons. The van der Waals surface area contributed by atoms with E-state index in [1.54, 1.807) is 0 Å². The zero-order valence-electron chi connectivity index (χ0n) is 15.9. The van der Waals surface area contributed by atoms with Crippen molar-refractivity contribution in [3.8, 4) is 0 Å².